The van der Waals surface area contributed by atoms with Crippen molar-refractivity contribution in [2.45, 2.75) is 38.9 Å². The third kappa shape index (κ3) is 4.14. The van der Waals surface area contributed by atoms with Crippen molar-refractivity contribution in [3.63, 3.8) is 0 Å². The molecule has 0 unspecified atom stereocenters. The lowest BCUT2D eigenvalue weighted by Crippen LogP contribution is -2.26. The summed E-state index contributed by atoms with van der Waals surface area (Å²) in [5.74, 6) is 0.113. The van der Waals surface area contributed by atoms with Crippen LogP contribution in [0.15, 0.2) is 42.6 Å². The molecule has 2 N–H and O–H groups in total. The molecule has 4 rings (SSSR count). The summed E-state index contributed by atoms with van der Waals surface area (Å²) in [6, 6.07) is 12.2. The Labute approximate surface area is 164 Å². The molecule has 0 fully saturated rings. The lowest BCUT2D eigenvalue weighted by molar-refractivity contribution is -0.130. The monoisotopic (exact) mass is 378 g/mol. The van der Waals surface area contributed by atoms with E-state index in [2.05, 4.69) is 31.4 Å². The third-order valence-corrected chi connectivity index (χ3v) is 5.15. The second-order valence-corrected chi connectivity index (χ2v) is 7.27. The molecule has 7 nitrogen and oxygen atoms in total. The van der Waals surface area contributed by atoms with E-state index in [4.69, 9.17) is 0 Å². The number of aromatic amines is 1. The van der Waals surface area contributed by atoms with Gasteiger partial charge >= 0.3 is 0 Å². The molecule has 0 aliphatic carbocycles. The predicted molar refractivity (Wildman–Crippen MR) is 107 cm³/mol. The van der Waals surface area contributed by atoms with Gasteiger partial charge in [0.1, 0.15) is 0 Å². The molecule has 7 heteroatoms. The second kappa shape index (κ2) is 8.39. The average Bonchev–Trinajstić information content (AvgIpc) is 3.28. The van der Waals surface area contributed by atoms with Crippen LogP contribution in [0.1, 0.15) is 29.8 Å². The van der Waals surface area contributed by atoms with Crippen molar-refractivity contribution in [1.29, 1.82) is 0 Å². The number of aryl methyl sites for hydroxylation is 2. The van der Waals surface area contributed by atoms with Crippen LogP contribution < -0.4 is 5.32 Å². The molecular weight excluding hydrogens is 352 g/mol. The second-order valence-electron chi connectivity index (χ2n) is 7.27. The molecule has 0 saturated carbocycles. The van der Waals surface area contributed by atoms with Crippen LogP contribution in [0.4, 0.5) is 0 Å². The van der Waals surface area contributed by atoms with Crippen LogP contribution in [-0.2, 0) is 30.8 Å². The van der Waals surface area contributed by atoms with Crippen LogP contribution in [-0.4, -0.2) is 44.4 Å². The Morgan fingerprint density at radius 2 is 2.14 bits per heavy atom. The summed E-state index contributed by atoms with van der Waals surface area (Å²) in [7, 11) is 1.84. The Morgan fingerprint density at radius 1 is 1.29 bits per heavy atom. The molecular formula is C21H26N6O. The van der Waals surface area contributed by atoms with Gasteiger partial charge in [0.25, 0.3) is 0 Å². The summed E-state index contributed by atoms with van der Waals surface area (Å²) in [5.41, 5.74) is 5.25. The Balaban J connectivity index is 1.35. The van der Waals surface area contributed by atoms with Gasteiger partial charge in [-0.2, -0.15) is 10.2 Å². The molecule has 2 aromatic heterocycles. The molecule has 1 aliphatic heterocycles. The Hall–Kier alpha value is -2.93. The van der Waals surface area contributed by atoms with E-state index in [1.807, 2.05) is 37.4 Å². The van der Waals surface area contributed by atoms with Crippen molar-refractivity contribution in [3.05, 3.63) is 59.5 Å². The van der Waals surface area contributed by atoms with Crippen molar-refractivity contribution in [2.24, 2.45) is 0 Å². The fourth-order valence-electron chi connectivity index (χ4n) is 3.60. The number of fused-ring (bicyclic) bond motifs is 1. The quantitative estimate of drug-likeness (QED) is 0.690. The standard InChI is InChI=1S/C21H26N6O/c1-26(15-17-13-23-24-21(17)16-6-3-2-4-7-16)20(28)9-8-18-12-19-14-22-10-5-11-27(19)25-18/h2-4,6-7,12-13,22H,5,8-11,14-15H2,1H3,(H,23,24). The minimum atomic E-state index is 0.113. The number of H-pyrrole nitrogens is 1. The number of nitrogens with zero attached hydrogens (tertiary/aromatic N) is 4. The summed E-state index contributed by atoms with van der Waals surface area (Å²) in [6.07, 6.45) is 4.01. The molecule has 3 aromatic rings. The molecule has 0 atom stereocenters. The number of carbonyl (C=O) groups is 1. The first-order valence-corrected chi connectivity index (χ1v) is 9.78. The highest BCUT2D eigenvalue weighted by atomic mass is 16.2. The number of amides is 1. The van der Waals surface area contributed by atoms with E-state index in [0.717, 1.165) is 48.6 Å². The first-order valence-electron chi connectivity index (χ1n) is 9.78. The van der Waals surface area contributed by atoms with Gasteiger partial charge in [0.15, 0.2) is 0 Å². The molecule has 3 heterocycles. The molecule has 0 radical (unpaired) electrons. The molecule has 28 heavy (non-hydrogen) atoms. The Bertz CT molecular complexity index is 906. The molecule has 0 saturated heterocycles. The number of carbonyl (C=O) groups excluding carboxylic acids is 1. The zero-order valence-corrected chi connectivity index (χ0v) is 16.2. The van der Waals surface area contributed by atoms with Gasteiger partial charge in [-0.25, -0.2) is 0 Å². The normalized spacial score (nSPS) is 13.8. The largest absolute Gasteiger partial charge is 0.341 e. The SMILES string of the molecule is CN(Cc1cn[nH]c1-c1ccccc1)C(=O)CCc1cc2n(n1)CCCNC2. The minimum Gasteiger partial charge on any atom is -0.341 e. The first-order chi connectivity index (χ1) is 13.7. The molecule has 1 aromatic carbocycles. The maximum absolute atomic E-state index is 12.6. The number of aromatic nitrogens is 4. The molecule has 0 bridgehead atoms. The van der Waals surface area contributed by atoms with Crippen LogP contribution in [0.3, 0.4) is 0 Å². The molecule has 1 aliphatic rings. The lowest BCUT2D eigenvalue weighted by Gasteiger charge is -2.17. The smallest absolute Gasteiger partial charge is 0.223 e. The summed E-state index contributed by atoms with van der Waals surface area (Å²) in [6.45, 7) is 3.35. The highest BCUT2D eigenvalue weighted by Crippen LogP contribution is 2.22. The van der Waals surface area contributed by atoms with E-state index in [-0.39, 0.29) is 5.91 Å². The van der Waals surface area contributed by atoms with Crippen molar-refractivity contribution >= 4 is 5.91 Å². The van der Waals surface area contributed by atoms with E-state index < -0.39 is 0 Å². The summed E-state index contributed by atoms with van der Waals surface area (Å²) in [5, 5.41) is 15.3. The number of nitrogens with one attached hydrogen (secondary N) is 2. The van der Waals surface area contributed by atoms with Crippen LogP contribution in [0.25, 0.3) is 11.3 Å². The summed E-state index contributed by atoms with van der Waals surface area (Å²) >= 11 is 0. The number of benzene rings is 1. The van der Waals surface area contributed by atoms with Crippen LogP contribution in [0, 0.1) is 0 Å². The van der Waals surface area contributed by atoms with Gasteiger partial charge in [-0.3, -0.25) is 14.6 Å². The van der Waals surface area contributed by atoms with Crippen molar-refractivity contribution < 1.29 is 4.79 Å². The van der Waals surface area contributed by atoms with E-state index in [1.165, 1.54) is 5.69 Å². The fourth-order valence-corrected chi connectivity index (χ4v) is 3.60. The zero-order chi connectivity index (χ0) is 19.3. The van der Waals surface area contributed by atoms with E-state index >= 15 is 0 Å². The molecule has 146 valence electrons. The van der Waals surface area contributed by atoms with Crippen LogP contribution >= 0.6 is 0 Å². The van der Waals surface area contributed by atoms with E-state index in [0.29, 0.717) is 19.4 Å². The summed E-state index contributed by atoms with van der Waals surface area (Å²) < 4.78 is 2.07. The zero-order valence-electron chi connectivity index (χ0n) is 16.2. The van der Waals surface area contributed by atoms with Gasteiger partial charge in [0, 0.05) is 45.1 Å². The van der Waals surface area contributed by atoms with Crippen LogP contribution in [0.5, 0.6) is 0 Å². The Morgan fingerprint density at radius 3 is 3.00 bits per heavy atom. The maximum Gasteiger partial charge on any atom is 0.223 e. The van der Waals surface area contributed by atoms with Crippen molar-refractivity contribution in [2.75, 3.05) is 13.6 Å². The number of rotatable bonds is 6. The lowest BCUT2D eigenvalue weighted by atomic mass is 10.1. The fraction of sp³-hybridized carbons (Fsp3) is 0.381. The van der Waals surface area contributed by atoms with Gasteiger partial charge in [-0.15, -0.1) is 0 Å². The van der Waals surface area contributed by atoms with E-state index in [9.17, 15) is 4.79 Å². The van der Waals surface area contributed by atoms with Gasteiger partial charge < -0.3 is 10.2 Å². The highest BCUT2D eigenvalue weighted by Gasteiger charge is 2.16. The number of hydrogen-bond donors (Lipinski definition) is 2. The summed E-state index contributed by atoms with van der Waals surface area (Å²) in [4.78, 5) is 14.4. The van der Waals surface area contributed by atoms with E-state index in [1.54, 1.807) is 11.1 Å². The third-order valence-electron chi connectivity index (χ3n) is 5.15. The molecule has 0 spiro atoms. The topological polar surface area (TPSA) is 78.8 Å². The highest BCUT2D eigenvalue weighted by molar-refractivity contribution is 5.76. The van der Waals surface area contributed by atoms with Gasteiger partial charge in [-0.1, -0.05) is 30.3 Å². The van der Waals surface area contributed by atoms with Gasteiger partial charge in [0.05, 0.1) is 23.3 Å². The Kier molecular flexibility index (Phi) is 5.53. The predicted octanol–water partition coefficient (Wildman–Crippen LogP) is 2.36. The van der Waals surface area contributed by atoms with Crippen LogP contribution in [0.2, 0.25) is 0 Å². The van der Waals surface area contributed by atoms with Crippen molar-refractivity contribution in [1.82, 2.24) is 30.2 Å². The van der Waals surface area contributed by atoms with Gasteiger partial charge in [0.2, 0.25) is 5.91 Å². The maximum atomic E-state index is 12.6. The molecule has 1 amide bonds. The number of hydrogen-bond acceptors (Lipinski definition) is 4. The first kappa shape index (κ1) is 18.4. The van der Waals surface area contributed by atoms with Gasteiger partial charge in [-0.05, 0) is 24.6 Å². The minimum absolute atomic E-state index is 0.113. The average molecular weight is 378 g/mol. The van der Waals surface area contributed by atoms with Crippen molar-refractivity contribution in [3.8, 4) is 11.3 Å².